The molecule has 3 aromatic rings. The Labute approximate surface area is 199 Å². The minimum absolute atomic E-state index is 0.0745. The molecule has 0 fully saturated rings. The Hall–Kier alpha value is -3.29. The lowest BCUT2D eigenvalue weighted by Gasteiger charge is -2.41. The van der Waals surface area contributed by atoms with Crippen LogP contribution < -0.4 is 0 Å². The maximum atomic E-state index is 15.1. The minimum atomic E-state index is -4.15. The number of benzene rings is 3. The fourth-order valence-electron chi connectivity index (χ4n) is 4.28. The van der Waals surface area contributed by atoms with Gasteiger partial charge in [-0.05, 0) is 44.0 Å². The van der Waals surface area contributed by atoms with Crippen LogP contribution in [0.1, 0.15) is 42.1 Å². The van der Waals surface area contributed by atoms with E-state index in [4.69, 9.17) is 4.74 Å². The maximum Gasteiger partial charge on any atom is 0.335 e. The van der Waals surface area contributed by atoms with E-state index in [1.807, 2.05) is 37.3 Å². The zero-order valence-electron chi connectivity index (χ0n) is 19.0. The first-order valence-corrected chi connectivity index (χ1v) is 12.6. The Morgan fingerprint density at radius 1 is 1.00 bits per heavy atom. The van der Waals surface area contributed by atoms with Crippen LogP contribution in [0.25, 0.3) is 0 Å². The molecule has 0 spiro atoms. The molecule has 1 aliphatic heterocycles. The molecule has 2 atom stereocenters. The monoisotopic (exact) mass is 479 g/mol. The van der Waals surface area contributed by atoms with Crippen LogP contribution in [0, 0.1) is 12.7 Å². The van der Waals surface area contributed by atoms with Gasteiger partial charge in [-0.3, -0.25) is 0 Å². The van der Waals surface area contributed by atoms with Crippen LogP contribution in [-0.2, 0) is 19.6 Å². The highest BCUT2D eigenvalue weighted by molar-refractivity contribution is 7.89. The largest absolute Gasteiger partial charge is 0.463 e. The number of nitrogens with zero attached hydrogens (tertiary/aromatic N) is 1. The van der Waals surface area contributed by atoms with Crippen molar-refractivity contribution in [2.75, 3.05) is 6.61 Å². The van der Waals surface area contributed by atoms with Gasteiger partial charge in [0.25, 0.3) is 0 Å². The molecule has 4 rings (SSSR count). The number of rotatable bonds is 6. The van der Waals surface area contributed by atoms with Crippen LogP contribution in [0.2, 0.25) is 0 Å². The molecule has 0 amide bonds. The van der Waals surface area contributed by atoms with E-state index in [1.54, 1.807) is 31.2 Å². The molecule has 0 radical (unpaired) electrons. The van der Waals surface area contributed by atoms with Crippen molar-refractivity contribution < 1.29 is 22.3 Å². The highest BCUT2D eigenvalue weighted by atomic mass is 32.2. The Bertz CT molecular complexity index is 1300. The van der Waals surface area contributed by atoms with E-state index < -0.39 is 33.9 Å². The van der Waals surface area contributed by atoms with Crippen LogP contribution in [0.3, 0.4) is 0 Å². The number of hydrogen-bond acceptors (Lipinski definition) is 4. The van der Waals surface area contributed by atoms with E-state index >= 15 is 4.39 Å². The van der Waals surface area contributed by atoms with Crippen molar-refractivity contribution >= 4 is 16.0 Å². The van der Waals surface area contributed by atoms with Crippen molar-refractivity contribution in [2.24, 2.45) is 0 Å². The van der Waals surface area contributed by atoms with Gasteiger partial charge >= 0.3 is 5.97 Å². The summed E-state index contributed by atoms with van der Waals surface area (Å²) in [6, 6.07) is 19.8. The van der Waals surface area contributed by atoms with Gasteiger partial charge in [0.1, 0.15) is 5.82 Å². The lowest BCUT2D eigenvalue weighted by Crippen LogP contribution is -2.43. The van der Waals surface area contributed by atoms with E-state index in [2.05, 4.69) is 0 Å². The van der Waals surface area contributed by atoms with Gasteiger partial charge in [-0.25, -0.2) is 17.6 Å². The quantitative estimate of drug-likeness (QED) is 0.438. The fourth-order valence-corrected chi connectivity index (χ4v) is 6.05. The molecule has 3 aromatic carbocycles. The molecule has 0 saturated carbocycles. The zero-order valence-corrected chi connectivity index (χ0v) is 19.8. The highest BCUT2D eigenvalue weighted by Gasteiger charge is 2.45. The summed E-state index contributed by atoms with van der Waals surface area (Å²) in [5.74, 6) is -1.26. The molecule has 0 saturated heterocycles. The van der Waals surface area contributed by atoms with Crippen molar-refractivity contribution in [2.45, 2.75) is 37.2 Å². The second kappa shape index (κ2) is 9.91. The summed E-state index contributed by atoms with van der Waals surface area (Å²) in [6.45, 7) is 3.66. The molecular formula is C27H26FNO4S. The summed E-state index contributed by atoms with van der Waals surface area (Å²) >= 11 is 0. The normalized spacial score (nSPS) is 18.9. The number of sulfonamides is 1. The van der Waals surface area contributed by atoms with Gasteiger partial charge in [-0.2, -0.15) is 4.31 Å². The zero-order chi connectivity index (χ0) is 24.3. The Morgan fingerprint density at radius 3 is 2.29 bits per heavy atom. The predicted molar refractivity (Wildman–Crippen MR) is 128 cm³/mol. The van der Waals surface area contributed by atoms with E-state index in [-0.39, 0.29) is 29.1 Å². The number of carbonyl (C=O) groups is 1. The third-order valence-corrected chi connectivity index (χ3v) is 7.80. The molecule has 1 heterocycles. The minimum Gasteiger partial charge on any atom is -0.463 e. The third-order valence-electron chi connectivity index (χ3n) is 5.91. The van der Waals surface area contributed by atoms with Gasteiger partial charge in [0.2, 0.25) is 10.0 Å². The number of aryl methyl sites for hydroxylation is 1. The smallest absolute Gasteiger partial charge is 0.335 e. The molecular weight excluding hydrogens is 453 g/mol. The first-order valence-electron chi connectivity index (χ1n) is 11.1. The Morgan fingerprint density at radius 2 is 1.65 bits per heavy atom. The van der Waals surface area contributed by atoms with E-state index in [0.717, 1.165) is 11.1 Å². The van der Waals surface area contributed by atoms with E-state index in [1.165, 1.54) is 34.6 Å². The van der Waals surface area contributed by atoms with Crippen molar-refractivity contribution in [3.8, 4) is 0 Å². The second-order valence-corrected chi connectivity index (χ2v) is 9.96. The molecule has 0 aromatic heterocycles. The molecule has 7 heteroatoms. The van der Waals surface area contributed by atoms with Gasteiger partial charge in [-0.15, -0.1) is 0 Å². The molecule has 0 N–H and O–H groups in total. The summed E-state index contributed by atoms with van der Waals surface area (Å²) in [6.07, 6.45) is 1.92. The highest BCUT2D eigenvalue weighted by Crippen LogP contribution is 2.46. The molecule has 0 aliphatic carbocycles. The van der Waals surface area contributed by atoms with Gasteiger partial charge in [-0.1, -0.05) is 72.3 Å². The molecule has 34 heavy (non-hydrogen) atoms. The molecule has 0 unspecified atom stereocenters. The molecule has 0 bridgehead atoms. The summed E-state index contributed by atoms with van der Waals surface area (Å²) in [5.41, 5.74) is 1.86. The summed E-state index contributed by atoms with van der Waals surface area (Å²) in [7, 11) is -4.15. The first kappa shape index (κ1) is 23.9. The Balaban J connectivity index is 1.98. The summed E-state index contributed by atoms with van der Waals surface area (Å²) in [5, 5.41) is 0. The second-order valence-electron chi connectivity index (χ2n) is 8.11. The molecule has 1 aliphatic rings. The number of halogens is 1. The number of esters is 1. The lowest BCUT2D eigenvalue weighted by atomic mass is 9.89. The standard InChI is InChI=1S/C27H26FNO4S/c1-3-33-27(30)23-17-18-25(20-9-5-4-6-10-20)29(26(23)22-11-7-8-12-24(22)28)34(31,32)21-15-13-19(2)14-16-21/h4-17,25-26H,3,18H2,1-2H3/t25-,26-/m0/s1. The first-order chi connectivity index (χ1) is 16.3. The van der Waals surface area contributed by atoms with E-state index in [0.29, 0.717) is 0 Å². The Kier molecular flexibility index (Phi) is 6.95. The van der Waals surface area contributed by atoms with Crippen molar-refractivity contribution in [1.29, 1.82) is 0 Å². The fraction of sp³-hybridized carbons (Fsp3) is 0.222. The lowest BCUT2D eigenvalue weighted by molar-refractivity contribution is -0.139. The number of hydrogen-bond donors (Lipinski definition) is 0. The average molecular weight is 480 g/mol. The van der Waals surface area contributed by atoms with Gasteiger partial charge in [0.05, 0.1) is 29.2 Å². The third kappa shape index (κ3) is 4.54. The summed E-state index contributed by atoms with van der Waals surface area (Å²) < 4.78 is 49.9. The predicted octanol–water partition coefficient (Wildman–Crippen LogP) is 5.50. The number of ether oxygens (including phenoxy) is 1. The maximum absolute atomic E-state index is 15.1. The summed E-state index contributed by atoms with van der Waals surface area (Å²) in [4.78, 5) is 13.0. The van der Waals surface area contributed by atoms with Crippen LogP contribution in [0.15, 0.2) is 95.4 Å². The van der Waals surface area contributed by atoms with Crippen molar-refractivity contribution in [3.05, 3.63) is 113 Å². The molecule has 176 valence electrons. The number of carbonyl (C=O) groups excluding carboxylic acids is 1. The van der Waals surface area contributed by atoms with Crippen LogP contribution in [-0.4, -0.2) is 25.3 Å². The topological polar surface area (TPSA) is 63.7 Å². The van der Waals surface area contributed by atoms with Gasteiger partial charge in [0, 0.05) is 5.56 Å². The molecule has 5 nitrogen and oxygen atoms in total. The average Bonchev–Trinajstić information content (AvgIpc) is 2.84. The van der Waals surface area contributed by atoms with E-state index in [9.17, 15) is 13.2 Å². The SMILES string of the molecule is CCOC(=O)C1=CC[C@@H](c2ccccc2)N(S(=O)(=O)c2ccc(C)cc2)[C@H]1c1ccccc1F. The van der Waals surface area contributed by atoms with Crippen LogP contribution in [0.4, 0.5) is 4.39 Å². The van der Waals surface area contributed by atoms with Crippen molar-refractivity contribution in [1.82, 2.24) is 4.31 Å². The van der Waals surface area contributed by atoms with Crippen LogP contribution >= 0.6 is 0 Å². The van der Waals surface area contributed by atoms with Crippen molar-refractivity contribution in [3.63, 3.8) is 0 Å². The van der Waals surface area contributed by atoms with Gasteiger partial charge in [0.15, 0.2) is 0 Å². The van der Waals surface area contributed by atoms with Crippen LogP contribution in [0.5, 0.6) is 0 Å². The van der Waals surface area contributed by atoms with Gasteiger partial charge < -0.3 is 4.74 Å².